The first-order valence-corrected chi connectivity index (χ1v) is 11.0. The van der Waals surface area contributed by atoms with E-state index in [1.54, 1.807) is 18.1 Å². The van der Waals surface area contributed by atoms with E-state index < -0.39 is 4.92 Å². The van der Waals surface area contributed by atoms with Gasteiger partial charge in [-0.1, -0.05) is 41.6 Å². The van der Waals surface area contributed by atoms with Crippen molar-refractivity contribution < 1.29 is 19.0 Å². The van der Waals surface area contributed by atoms with Crippen LogP contribution >= 0.6 is 0 Å². The Morgan fingerprint density at radius 1 is 1.09 bits per heavy atom. The van der Waals surface area contributed by atoms with Crippen molar-refractivity contribution in [3.63, 3.8) is 0 Å². The summed E-state index contributed by atoms with van der Waals surface area (Å²) in [4.78, 5) is 30.3. The molecule has 0 fully saturated rings. The second-order valence-corrected chi connectivity index (χ2v) is 7.88. The lowest BCUT2D eigenvalue weighted by atomic mass is 10.0. The number of amides is 1. The highest BCUT2D eigenvalue weighted by Gasteiger charge is 2.25. The van der Waals surface area contributed by atoms with E-state index in [1.165, 1.54) is 18.2 Å². The predicted molar refractivity (Wildman–Crippen MR) is 129 cm³/mol. The molecule has 1 amide bonds. The average Bonchev–Trinajstić information content (AvgIpc) is 3.38. The van der Waals surface area contributed by atoms with Crippen LogP contribution in [0.25, 0.3) is 11.4 Å². The van der Waals surface area contributed by atoms with Crippen molar-refractivity contribution in [1.29, 1.82) is 0 Å². The number of aromatic nitrogens is 2. The molecule has 0 saturated heterocycles. The van der Waals surface area contributed by atoms with Gasteiger partial charge in [-0.3, -0.25) is 14.9 Å². The monoisotopic (exact) mass is 472 g/mol. The fourth-order valence-electron chi connectivity index (χ4n) is 3.73. The number of methoxy groups -OCH3 is 1. The Morgan fingerprint density at radius 2 is 1.83 bits per heavy atom. The van der Waals surface area contributed by atoms with Gasteiger partial charge in [-0.25, -0.2) is 0 Å². The van der Waals surface area contributed by atoms with Crippen LogP contribution in [0.4, 0.5) is 5.69 Å². The molecule has 9 heteroatoms. The summed E-state index contributed by atoms with van der Waals surface area (Å²) in [5.74, 6) is 1.23. The van der Waals surface area contributed by atoms with Crippen LogP contribution in [0.1, 0.15) is 34.8 Å². The molecule has 4 aromatic rings. The zero-order valence-corrected chi connectivity index (χ0v) is 19.3. The van der Waals surface area contributed by atoms with E-state index in [2.05, 4.69) is 10.1 Å². The molecular formula is C26H24N4O5. The van der Waals surface area contributed by atoms with Crippen molar-refractivity contribution in [3.8, 4) is 17.1 Å². The van der Waals surface area contributed by atoms with Gasteiger partial charge >= 0.3 is 0 Å². The minimum atomic E-state index is -0.513. The maximum Gasteiger partial charge on any atom is 0.270 e. The number of non-ortho nitro benzene ring substituents is 1. The lowest BCUT2D eigenvalue weighted by Gasteiger charge is -2.29. The molecule has 0 unspecified atom stereocenters. The average molecular weight is 473 g/mol. The van der Waals surface area contributed by atoms with E-state index in [0.29, 0.717) is 18.1 Å². The van der Waals surface area contributed by atoms with E-state index in [1.807, 2.05) is 61.5 Å². The molecule has 1 heterocycles. The van der Waals surface area contributed by atoms with Crippen LogP contribution in [0, 0.1) is 10.1 Å². The van der Waals surface area contributed by atoms with Crippen LogP contribution in [-0.4, -0.2) is 39.5 Å². The number of hydrogen-bond donors (Lipinski definition) is 0. The minimum absolute atomic E-state index is 0.135. The highest BCUT2D eigenvalue weighted by Crippen LogP contribution is 2.25. The normalized spacial score (nSPS) is 11.6. The minimum Gasteiger partial charge on any atom is -0.497 e. The van der Waals surface area contributed by atoms with Gasteiger partial charge in [-0.15, -0.1) is 0 Å². The molecule has 0 bridgehead atoms. The van der Waals surface area contributed by atoms with Gasteiger partial charge in [0.05, 0.1) is 18.1 Å². The number of nitro benzene ring substituents is 1. The quantitative estimate of drug-likeness (QED) is 0.246. The second kappa shape index (κ2) is 10.6. The van der Waals surface area contributed by atoms with E-state index in [0.717, 1.165) is 16.9 Å². The summed E-state index contributed by atoms with van der Waals surface area (Å²) in [6.07, 6.45) is 0.320. The first-order chi connectivity index (χ1) is 17.0. The molecule has 1 atom stereocenters. The molecular weight excluding hydrogens is 448 g/mol. The molecule has 0 radical (unpaired) electrons. The molecule has 3 aromatic carbocycles. The number of ether oxygens (including phenoxy) is 1. The topological polar surface area (TPSA) is 112 Å². The summed E-state index contributed by atoms with van der Waals surface area (Å²) in [7, 11) is 1.60. The Kier molecular flexibility index (Phi) is 7.15. The molecule has 0 aliphatic rings. The summed E-state index contributed by atoms with van der Waals surface area (Å²) < 4.78 is 10.6. The maximum atomic E-state index is 13.5. The molecule has 0 N–H and O–H groups in total. The van der Waals surface area contributed by atoms with Crippen LogP contribution in [0.2, 0.25) is 0 Å². The van der Waals surface area contributed by atoms with Gasteiger partial charge in [0.1, 0.15) is 5.75 Å². The highest BCUT2D eigenvalue weighted by atomic mass is 16.6. The Morgan fingerprint density at radius 3 is 2.51 bits per heavy atom. The van der Waals surface area contributed by atoms with Gasteiger partial charge < -0.3 is 14.2 Å². The number of carbonyl (C=O) groups is 1. The Balaban J connectivity index is 1.56. The van der Waals surface area contributed by atoms with Crippen LogP contribution in [0.15, 0.2) is 83.4 Å². The van der Waals surface area contributed by atoms with Gasteiger partial charge in [-0.05, 0) is 42.8 Å². The van der Waals surface area contributed by atoms with Gasteiger partial charge in [0.15, 0.2) is 0 Å². The van der Waals surface area contributed by atoms with Gasteiger partial charge in [0.25, 0.3) is 11.6 Å². The largest absolute Gasteiger partial charge is 0.497 e. The SMILES string of the molecule is COc1ccc(-c2noc(CCN(C(=O)c3cccc([N+](=O)[O-])c3)[C@@H](C)c3ccccc3)n2)cc1. The maximum absolute atomic E-state index is 13.5. The van der Waals surface area contributed by atoms with Gasteiger partial charge in [0, 0.05) is 36.2 Å². The third-order valence-corrected chi connectivity index (χ3v) is 5.70. The summed E-state index contributed by atoms with van der Waals surface area (Å²) in [5.41, 5.74) is 1.83. The summed E-state index contributed by atoms with van der Waals surface area (Å²) in [6, 6.07) is 22.3. The number of carbonyl (C=O) groups excluding carboxylic acids is 1. The smallest absolute Gasteiger partial charge is 0.270 e. The number of nitro groups is 1. The van der Waals surface area contributed by atoms with Crippen LogP contribution in [0.3, 0.4) is 0 Å². The lowest BCUT2D eigenvalue weighted by molar-refractivity contribution is -0.384. The summed E-state index contributed by atoms with van der Waals surface area (Å²) in [5, 5.41) is 15.3. The second-order valence-electron chi connectivity index (χ2n) is 7.88. The van der Waals surface area contributed by atoms with Gasteiger partial charge in [-0.2, -0.15) is 4.98 Å². The number of hydrogen-bond acceptors (Lipinski definition) is 7. The number of rotatable bonds is 9. The fourth-order valence-corrected chi connectivity index (χ4v) is 3.73. The number of benzene rings is 3. The van der Waals surface area contributed by atoms with Crippen molar-refractivity contribution in [1.82, 2.24) is 15.0 Å². The summed E-state index contributed by atoms with van der Waals surface area (Å²) in [6.45, 7) is 2.20. The molecule has 0 saturated carbocycles. The molecule has 35 heavy (non-hydrogen) atoms. The molecule has 9 nitrogen and oxygen atoms in total. The predicted octanol–water partition coefficient (Wildman–Crippen LogP) is 5.10. The highest BCUT2D eigenvalue weighted by molar-refractivity contribution is 5.95. The van der Waals surface area contributed by atoms with E-state index in [-0.39, 0.29) is 29.7 Å². The zero-order valence-electron chi connectivity index (χ0n) is 19.3. The third kappa shape index (κ3) is 5.52. The molecule has 4 rings (SSSR count). The Labute approximate surface area is 202 Å². The van der Waals surface area contributed by atoms with E-state index in [9.17, 15) is 14.9 Å². The van der Waals surface area contributed by atoms with Gasteiger partial charge in [0.2, 0.25) is 11.7 Å². The Bertz CT molecular complexity index is 1300. The van der Waals surface area contributed by atoms with Crippen LogP contribution < -0.4 is 4.74 Å². The lowest BCUT2D eigenvalue weighted by Crippen LogP contribution is -2.35. The van der Waals surface area contributed by atoms with Crippen molar-refractivity contribution in [2.24, 2.45) is 0 Å². The fraction of sp³-hybridized carbons (Fsp3) is 0.192. The standard InChI is InChI=1S/C26H24N4O5/c1-18(19-7-4-3-5-8-19)29(26(31)21-9-6-10-22(17-21)30(32)33)16-15-24-27-25(28-35-24)20-11-13-23(34-2)14-12-20/h3-14,17-18H,15-16H2,1-2H3/t18-/m0/s1. The van der Waals surface area contributed by atoms with E-state index >= 15 is 0 Å². The molecule has 0 spiro atoms. The molecule has 0 aliphatic carbocycles. The summed E-state index contributed by atoms with van der Waals surface area (Å²) >= 11 is 0. The van der Waals surface area contributed by atoms with Crippen molar-refractivity contribution in [3.05, 3.63) is 106 Å². The first-order valence-electron chi connectivity index (χ1n) is 11.0. The van der Waals surface area contributed by atoms with Crippen molar-refractivity contribution in [2.75, 3.05) is 13.7 Å². The van der Waals surface area contributed by atoms with Crippen LogP contribution in [-0.2, 0) is 6.42 Å². The third-order valence-electron chi connectivity index (χ3n) is 5.70. The van der Waals surface area contributed by atoms with Crippen molar-refractivity contribution in [2.45, 2.75) is 19.4 Å². The van der Waals surface area contributed by atoms with Crippen LogP contribution in [0.5, 0.6) is 5.75 Å². The molecule has 0 aliphatic heterocycles. The zero-order chi connectivity index (χ0) is 24.8. The first kappa shape index (κ1) is 23.6. The molecule has 178 valence electrons. The van der Waals surface area contributed by atoms with Crippen molar-refractivity contribution >= 4 is 11.6 Å². The Hall–Kier alpha value is -4.53. The molecule has 1 aromatic heterocycles. The number of nitrogens with zero attached hydrogens (tertiary/aromatic N) is 4. The van der Waals surface area contributed by atoms with E-state index in [4.69, 9.17) is 9.26 Å².